The topological polar surface area (TPSA) is 44.8 Å². The Morgan fingerprint density at radius 3 is 2.04 bits per heavy atom. The van der Waals surface area contributed by atoms with E-state index in [0.717, 1.165) is 12.8 Å². The van der Waals surface area contributed by atoms with Crippen LogP contribution in [0.1, 0.15) is 91.9 Å². The minimum atomic E-state index is -3.31. The molecule has 2 unspecified atom stereocenters. The van der Waals surface area contributed by atoms with Crippen molar-refractivity contribution < 1.29 is 18.1 Å². The van der Waals surface area contributed by atoms with E-state index < -0.39 is 7.82 Å². The van der Waals surface area contributed by atoms with Gasteiger partial charge in [0.15, 0.2) is 0 Å². The Balaban J connectivity index is 2.60. The first-order valence-electron chi connectivity index (χ1n) is 9.57. The lowest BCUT2D eigenvalue weighted by atomic mass is 9.75. The zero-order valence-electron chi connectivity index (χ0n) is 15.6. The van der Waals surface area contributed by atoms with Crippen LogP contribution in [0.3, 0.4) is 0 Å². The molecule has 138 valence electrons. The van der Waals surface area contributed by atoms with Crippen molar-refractivity contribution in [2.75, 3.05) is 13.2 Å². The molecule has 1 aliphatic rings. The van der Waals surface area contributed by atoms with E-state index >= 15 is 0 Å². The van der Waals surface area contributed by atoms with Crippen LogP contribution in [0.15, 0.2) is 0 Å². The molecular weight excluding hydrogens is 311 g/mol. The molecule has 23 heavy (non-hydrogen) atoms. The van der Waals surface area contributed by atoms with Gasteiger partial charge in [-0.2, -0.15) is 0 Å². The summed E-state index contributed by atoms with van der Waals surface area (Å²) in [6.07, 6.45) is 12.1. The molecule has 0 aromatic rings. The maximum absolute atomic E-state index is 12.4. The first-order valence-corrected chi connectivity index (χ1v) is 11.0. The molecule has 1 fully saturated rings. The van der Waals surface area contributed by atoms with Crippen molar-refractivity contribution >= 4 is 7.82 Å². The van der Waals surface area contributed by atoms with Gasteiger partial charge in [0.1, 0.15) is 0 Å². The zero-order valence-corrected chi connectivity index (χ0v) is 16.5. The minimum absolute atomic E-state index is 0.0325. The first kappa shape index (κ1) is 21.2. The van der Waals surface area contributed by atoms with Gasteiger partial charge in [0.2, 0.25) is 0 Å². The Hall–Kier alpha value is 0.110. The number of unbranched alkanes of at least 4 members (excludes halogenated alkanes) is 6. The summed E-state index contributed by atoms with van der Waals surface area (Å²) in [6, 6.07) is 0. The molecule has 0 amide bonds. The second kappa shape index (κ2) is 10.9. The average molecular weight is 348 g/mol. The molecule has 5 heteroatoms. The van der Waals surface area contributed by atoms with Crippen molar-refractivity contribution in [3.8, 4) is 0 Å². The summed E-state index contributed by atoms with van der Waals surface area (Å²) in [4.78, 5) is 0. The number of hydrogen-bond donors (Lipinski definition) is 0. The maximum Gasteiger partial charge on any atom is 0.475 e. The highest BCUT2D eigenvalue weighted by molar-refractivity contribution is 7.48. The summed E-state index contributed by atoms with van der Waals surface area (Å²) in [6.45, 7) is 9.31. The molecule has 1 aliphatic heterocycles. The van der Waals surface area contributed by atoms with E-state index in [1.54, 1.807) is 0 Å². The summed E-state index contributed by atoms with van der Waals surface area (Å²) in [5.41, 5.74) is 0.0325. The zero-order chi connectivity index (χ0) is 17.2. The fourth-order valence-electron chi connectivity index (χ4n) is 3.29. The molecule has 0 spiro atoms. The largest absolute Gasteiger partial charge is 0.475 e. The summed E-state index contributed by atoms with van der Waals surface area (Å²) >= 11 is 0. The van der Waals surface area contributed by atoms with Crippen LogP contribution in [0.2, 0.25) is 0 Å². The van der Waals surface area contributed by atoms with Crippen molar-refractivity contribution in [1.82, 2.24) is 0 Å². The predicted octanol–water partition coefficient (Wildman–Crippen LogP) is 6.49. The van der Waals surface area contributed by atoms with Crippen LogP contribution < -0.4 is 0 Å². The molecular formula is C18H37O4P. The standard InChI is InChI=1S/C18H37O4P/c1-5-8-10-12-14-18(4,15-13-11-9-6-2)17-16-21-23(19,22-17)20-7-3/h17H,5-16H2,1-4H3. The predicted molar refractivity (Wildman–Crippen MR) is 95.7 cm³/mol. The first-order chi connectivity index (χ1) is 11.0. The Labute approximate surface area is 143 Å². The molecule has 0 saturated carbocycles. The van der Waals surface area contributed by atoms with E-state index in [4.69, 9.17) is 13.6 Å². The Kier molecular flexibility index (Phi) is 10.00. The van der Waals surface area contributed by atoms with Crippen LogP contribution in [0.4, 0.5) is 0 Å². The second-order valence-electron chi connectivity index (χ2n) is 7.03. The lowest BCUT2D eigenvalue weighted by molar-refractivity contribution is 0.0496. The van der Waals surface area contributed by atoms with Crippen molar-refractivity contribution in [3.05, 3.63) is 0 Å². The van der Waals surface area contributed by atoms with E-state index in [0.29, 0.717) is 13.2 Å². The molecule has 1 heterocycles. The second-order valence-corrected chi connectivity index (χ2v) is 8.65. The van der Waals surface area contributed by atoms with Gasteiger partial charge >= 0.3 is 7.82 Å². The van der Waals surface area contributed by atoms with E-state index in [1.807, 2.05) is 6.92 Å². The fraction of sp³-hybridized carbons (Fsp3) is 1.00. The smallest absolute Gasteiger partial charge is 0.287 e. The van der Waals surface area contributed by atoms with Crippen molar-refractivity contribution in [2.45, 2.75) is 98.0 Å². The van der Waals surface area contributed by atoms with Gasteiger partial charge in [-0.15, -0.1) is 0 Å². The molecule has 0 aromatic carbocycles. The van der Waals surface area contributed by atoms with Gasteiger partial charge in [-0.3, -0.25) is 13.6 Å². The van der Waals surface area contributed by atoms with Crippen LogP contribution in [-0.4, -0.2) is 19.3 Å². The lowest BCUT2D eigenvalue weighted by Gasteiger charge is -2.34. The van der Waals surface area contributed by atoms with Crippen molar-refractivity contribution in [3.63, 3.8) is 0 Å². The Morgan fingerprint density at radius 1 is 1.00 bits per heavy atom. The van der Waals surface area contributed by atoms with Crippen LogP contribution in [0.5, 0.6) is 0 Å². The molecule has 0 bridgehead atoms. The SMILES string of the molecule is CCCCCCC(C)(CCCCCC)C1COP(=O)(OCC)O1. The van der Waals surface area contributed by atoms with Crippen molar-refractivity contribution in [1.29, 1.82) is 0 Å². The number of phosphoric ester groups is 1. The molecule has 0 N–H and O–H groups in total. The van der Waals surface area contributed by atoms with Crippen LogP contribution in [-0.2, 0) is 18.1 Å². The molecule has 1 saturated heterocycles. The molecule has 4 nitrogen and oxygen atoms in total. The third-order valence-electron chi connectivity index (χ3n) is 4.91. The normalized spacial score (nSPS) is 25.1. The Morgan fingerprint density at radius 2 is 1.57 bits per heavy atom. The summed E-state index contributed by atoms with van der Waals surface area (Å²) in [7, 11) is -3.31. The molecule has 1 rings (SSSR count). The number of hydrogen-bond acceptors (Lipinski definition) is 4. The fourth-order valence-corrected chi connectivity index (χ4v) is 4.75. The average Bonchev–Trinajstić information content (AvgIpc) is 2.91. The van der Waals surface area contributed by atoms with Gasteiger partial charge < -0.3 is 0 Å². The summed E-state index contributed by atoms with van der Waals surface area (Å²) in [5.74, 6) is 0. The molecule has 0 aromatic heterocycles. The quantitative estimate of drug-likeness (QED) is 0.282. The third-order valence-corrected chi connectivity index (χ3v) is 6.46. The molecule has 2 atom stereocenters. The summed E-state index contributed by atoms with van der Waals surface area (Å²) < 4.78 is 28.8. The van der Waals surface area contributed by atoms with Gasteiger partial charge in [-0.25, -0.2) is 4.57 Å². The van der Waals surface area contributed by atoms with E-state index in [1.165, 1.54) is 51.4 Å². The highest BCUT2D eigenvalue weighted by Crippen LogP contribution is 2.58. The third kappa shape index (κ3) is 7.25. The van der Waals surface area contributed by atoms with Gasteiger partial charge in [0, 0.05) is 0 Å². The highest BCUT2D eigenvalue weighted by Gasteiger charge is 2.46. The summed E-state index contributed by atoms with van der Waals surface area (Å²) in [5, 5.41) is 0. The molecule has 0 aliphatic carbocycles. The van der Waals surface area contributed by atoms with Gasteiger partial charge in [-0.1, -0.05) is 72.1 Å². The lowest BCUT2D eigenvalue weighted by Crippen LogP contribution is -2.34. The molecule has 0 radical (unpaired) electrons. The minimum Gasteiger partial charge on any atom is -0.287 e. The van der Waals surface area contributed by atoms with E-state index in [2.05, 4.69) is 20.8 Å². The Bertz CT molecular complexity index is 347. The van der Waals surface area contributed by atoms with E-state index in [-0.39, 0.29) is 11.5 Å². The number of phosphoric acid groups is 1. The maximum atomic E-state index is 12.4. The van der Waals surface area contributed by atoms with Crippen LogP contribution in [0.25, 0.3) is 0 Å². The van der Waals surface area contributed by atoms with Crippen LogP contribution >= 0.6 is 7.82 Å². The van der Waals surface area contributed by atoms with E-state index in [9.17, 15) is 4.57 Å². The monoisotopic (exact) mass is 348 g/mol. The van der Waals surface area contributed by atoms with Gasteiger partial charge in [-0.05, 0) is 25.2 Å². The van der Waals surface area contributed by atoms with Crippen LogP contribution in [0, 0.1) is 5.41 Å². The number of rotatable bonds is 13. The van der Waals surface area contributed by atoms with Gasteiger partial charge in [0.05, 0.1) is 19.3 Å². The van der Waals surface area contributed by atoms with Crippen molar-refractivity contribution in [2.24, 2.45) is 5.41 Å². The van der Waals surface area contributed by atoms with Gasteiger partial charge in [0.25, 0.3) is 0 Å². The highest BCUT2D eigenvalue weighted by atomic mass is 31.2.